The maximum Gasteiger partial charge on any atom is 0.257 e. The van der Waals surface area contributed by atoms with Crippen LogP contribution < -0.4 is 4.90 Å². The number of aliphatic hydroxyl groups excluding tert-OH is 1. The van der Waals surface area contributed by atoms with Crippen molar-refractivity contribution < 1.29 is 9.90 Å². The van der Waals surface area contributed by atoms with Crippen LogP contribution >= 0.6 is 0 Å². The van der Waals surface area contributed by atoms with Crippen LogP contribution in [0.3, 0.4) is 0 Å². The first-order chi connectivity index (χ1) is 11.2. The van der Waals surface area contributed by atoms with Crippen LogP contribution in [-0.4, -0.2) is 78.7 Å². The van der Waals surface area contributed by atoms with Crippen LogP contribution in [0.1, 0.15) is 31.1 Å². The van der Waals surface area contributed by atoms with Gasteiger partial charge in [0.25, 0.3) is 5.91 Å². The van der Waals surface area contributed by atoms with Crippen molar-refractivity contribution >= 4 is 11.7 Å². The Kier molecular flexibility index (Phi) is 5.83. The maximum absolute atomic E-state index is 12.8. The van der Waals surface area contributed by atoms with E-state index in [1.54, 1.807) is 12.3 Å². The molecule has 1 N–H and O–H groups in total. The Balaban J connectivity index is 1.96. The lowest BCUT2D eigenvalue weighted by atomic mass is 9.89. The molecular weight excluding hydrogens is 304 g/mol. The highest BCUT2D eigenvalue weighted by molar-refractivity contribution is 5.98. The average molecular weight is 334 g/mol. The third-order valence-electron chi connectivity index (χ3n) is 4.53. The average Bonchev–Trinajstić information content (AvgIpc) is 2.54. The van der Waals surface area contributed by atoms with Crippen molar-refractivity contribution in [2.45, 2.75) is 26.9 Å². The number of amides is 1. The number of rotatable bonds is 4. The van der Waals surface area contributed by atoms with E-state index in [0.29, 0.717) is 31.0 Å². The summed E-state index contributed by atoms with van der Waals surface area (Å²) in [6, 6.07) is 3.64. The van der Waals surface area contributed by atoms with Gasteiger partial charge in [-0.05, 0) is 17.5 Å². The summed E-state index contributed by atoms with van der Waals surface area (Å²) in [7, 11) is 3.79. The molecule has 1 amide bonds. The predicted octanol–water partition coefficient (Wildman–Crippen LogP) is 1.31. The fraction of sp³-hybridized carbons (Fsp3) is 0.667. The number of pyridine rings is 1. The number of hydrogen-bond donors (Lipinski definition) is 1. The molecule has 6 nitrogen and oxygen atoms in total. The van der Waals surface area contributed by atoms with Gasteiger partial charge in [-0.25, -0.2) is 4.98 Å². The highest BCUT2D eigenvalue weighted by Gasteiger charge is 2.28. The van der Waals surface area contributed by atoms with Gasteiger partial charge in [0.1, 0.15) is 5.82 Å². The summed E-state index contributed by atoms with van der Waals surface area (Å²) in [6.07, 6.45) is 1.34. The van der Waals surface area contributed by atoms with Gasteiger partial charge in [0.15, 0.2) is 0 Å². The Morgan fingerprint density at radius 2 is 1.92 bits per heavy atom. The van der Waals surface area contributed by atoms with Gasteiger partial charge in [-0.3, -0.25) is 9.69 Å². The number of anilines is 1. The standard InChI is InChI=1S/C18H30N4O2/c1-18(2,3)15(23)13-21-9-11-22(12-10-21)17(24)14-7-6-8-19-16(14)20(4)5/h6-8,15,23H,9-13H2,1-5H3. The van der Waals surface area contributed by atoms with Crippen molar-refractivity contribution in [3.05, 3.63) is 23.9 Å². The number of piperazine rings is 1. The second-order valence-electron chi connectivity index (χ2n) is 7.74. The molecule has 0 aliphatic carbocycles. The number of β-amino-alcohol motifs (C(OH)–C–C–N with tert-alkyl or cyclic N) is 1. The zero-order chi connectivity index (χ0) is 17.9. The summed E-state index contributed by atoms with van der Waals surface area (Å²) >= 11 is 0. The van der Waals surface area contributed by atoms with Gasteiger partial charge in [-0.1, -0.05) is 20.8 Å². The molecule has 24 heavy (non-hydrogen) atoms. The Morgan fingerprint density at radius 1 is 1.29 bits per heavy atom. The smallest absolute Gasteiger partial charge is 0.257 e. The summed E-state index contributed by atoms with van der Waals surface area (Å²) < 4.78 is 0. The monoisotopic (exact) mass is 334 g/mol. The van der Waals surface area contributed by atoms with Crippen molar-refractivity contribution in [3.8, 4) is 0 Å². The molecule has 1 atom stereocenters. The first-order valence-electron chi connectivity index (χ1n) is 8.52. The van der Waals surface area contributed by atoms with Gasteiger partial charge in [-0.15, -0.1) is 0 Å². The van der Waals surface area contributed by atoms with Crippen molar-refractivity contribution in [2.24, 2.45) is 5.41 Å². The lowest BCUT2D eigenvalue weighted by Crippen LogP contribution is -2.51. The minimum atomic E-state index is -0.363. The lowest BCUT2D eigenvalue weighted by molar-refractivity contribution is 0.0137. The SMILES string of the molecule is CN(C)c1ncccc1C(=O)N1CCN(CC(O)C(C)(C)C)CC1. The summed E-state index contributed by atoms with van der Waals surface area (Å²) in [5, 5.41) is 10.3. The van der Waals surface area contributed by atoms with Crippen molar-refractivity contribution in [2.75, 3.05) is 51.7 Å². The number of carbonyl (C=O) groups is 1. The third kappa shape index (κ3) is 4.45. The molecule has 1 fully saturated rings. The molecule has 134 valence electrons. The number of nitrogens with zero attached hydrogens (tertiary/aromatic N) is 4. The zero-order valence-corrected chi connectivity index (χ0v) is 15.5. The number of aliphatic hydroxyl groups is 1. The van der Waals surface area contributed by atoms with E-state index in [2.05, 4.69) is 9.88 Å². The van der Waals surface area contributed by atoms with E-state index in [-0.39, 0.29) is 17.4 Å². The number of aromatic nitrogens is 1. The Morgan fingerprint density at radius 3 is 2.46 bits per heavy atom. The van der Waals surface area contributed by atoms with Gasteiger partial charge >= 0.3 is 0 Å². The normalized spacial score (nSPS) is 17.7. The Hall–Kier alpha value is -1.66. The van der Waals surface area contributed by atoms with Gasteiger partial charge in [0, 0.05) is 53.0 Å². The zero-order valence-electron chi connectivity index (χ0n) is 15.5. The summed E-state index contributed by atoms with van der Waals surface area (Å²) in [5.74, 6) is 0.732. The van der Waals surface area contributed by atoms with E-state index >= 15 is 0 Å². The highest BCUT2D eigenvalue weighted by atomic mass is 16.3. The van der Waals surface area contributed by atoms with Crippen LogP contribution in [-0.2, 0) is 0 Å². The first kappa shape index (κ1) is 18.7. The molecule has 1 aromatic heterocycles. The van der Waals surface area contributed by atoms with Gasteiger partial charge in [-0.2, -0.15) is 0 Å². The molecule has 0 aromatic carbocycles. The number of hydrogen-bond acceptors (Lipinski definition) is 5. The molecule has 1 aromatic rings. The molecule has 0 spiro atoms. The predicted molar refractivity (Wildman–Crippen MR) is 96.4 cm³/mol. The van der Waals surface area contributed by atoms with Gasteiger partial charge in [0.05, 0.1) is 11.7 Å². The lowest BCUT2D eigenvalue weighted by Gasteiger charge is -2.38. The minimum Gasteiger partial charge on any atom is -0.391 e. The summed E-state index contributed by atoms with van der Waals surface area (Å²) in [6.45, 7) is 9.72. The summed E-state index contributed by atoms with van der Waals surface area (Å²) in [5.41, 5.74) is 0.522. The quantitative estimate of drug-likeness (QED) is 0.900. The van der Waals surface area contributed by atoms with Crippen LogP contribution in [0.4, 0.5) is 5.82 Å². The van der Waals surface area contributed by atoms with E-state index in [0.717, 1.165) is 13.1 Å². The molecule has 6 heteroatoms. The molecular formula is C18H30N4O2. The molecule has 0 bridgehead atoms. The highest BCUT2D eigenvalue weighted by Crippen LogP contribution is 2.21. The fourth-order valence-corrected chi connectivity index (χ4v) is 2.74. The van der Waals surface area contributed by atoms with E-state index in [1.165, 1.54) is 0 Å². The topological polar surface area (TPSA) is 59.9 Å². The fourth-order valence-electron chi connectivity index (χ4n) is 2.74. The van der Waals surface area contributed by atoms with E-state index in [1.807, 2.05) is 50.7 Å². The van der Waals surface area contributed by atoms with Crippen molar-refractivity contribution in [1.82, 2.24) is 14.8 Å². The molecule has 0 saturated carbocycles. The third-order valence-corrected chi connectivity index (χ3v) is 4.53. The molecule has 1 aliphatic heterocycles. The van der Waals surface area contributed by atoms with E-state index in [9.17, 15) is 9.90 Å². The number of carbonyl (C=O) groups excluding carboxylic acids is 1. The maximum atomic E-state index is 12.8. The van der Waals surface area contributed by atoms with Crippen LogP contribution in [0.2, 0.25) is 0 Å². The molecule has 1 aliphatic rings. The minimum absolute atomic E-state index is 0.0304. The van der Waals surface area contributed by atoms with E-state index in [4.69, 9.17) is 0 Å². The molecule has 2 rings (SSSR count). The second kappa shape index (κ2) is 7.49. The molecule has 1 unspecified atom stereocenters. The van der Waals surface area contributed by atoms with Gasteiger partial charge in [0.2, 0.25) is 0 Å². The molecule has 1 saturated heterocycles. The van der Waals surface area contributed by atoms with Crippen LogP contribution in [0, 0.1) is 5.41 Å². The van der Waals surface area contributed by atoms with Crippen LogP contribution in [0.25, 0.3) is 0 Å². The van der Waals surface area contributed by atoms with E-state index < -0.39 is 0 Å². The Bertz CT molecular complexity index is 560. The largest absolute Gasteiger partial charge is 0.391 e. The summed E-state index contributed by atoms with van der Waals surface area (Å²) in [4.78, 5) is 23.1. The molecule has 0 radical (unpaired) electrons. The van der Waals surface area contributed by atoms with Gasteiger partial charge < -0.3 is 14.9 Å². The second-order valence-corrected chi connectivity index (χ2v) is 7.74. The van der Waals surface area contributed by atoms with Crippen LogP contribution in [0.15, 0.2) is 18.3 Å². The van der Waals surface area contributed by atoms with Crippen molar-refractivity contribution in [1.29, 1.82) is 0 Å². The van der Waals surface area contributed by atoms with Crippen molar-refractivity contribution in [3.63, 3.8) is 0 Å². The first-order valence-corrected chi connectivity index (χ1v) is 8.52. The Labute approximate surface area is 145 Å². The van der Waals surface area contributed by atoms with Crippen LogP contribution in [0.5, 0.6) is 0 Å². The molecule has 2 heterocycles.